The maximum absolute atomic E-state index is 12.2. The van der Waals surface area contributed by atoms with Crippen LogP contribution in [0.4, 0.5) is 0 Å². The highest BCUT2D eigenvalue weighted by atomic mass is 16.5. The number of piperidine rings is 1. The highest BCUT2D eigenvalue weighted by Gasteiger charge is 2.21. The molecular weight excluding hydrogens is 372 g/mol. The van der Waals surface area contributed by atoms with E-state index < -0.39 is 0 Å². The fourth-order valence-corrected chi connectivity index (χ4v) is 3.24. The van der Waals surface area contributed by atoms with Gasteiger partial charge in [0, 0.05) is 59.1 Å². The first-order valence-corrected chi connectivity index (χ1v) is 10.2. The van der Waals surface area contributed by atoms with Gasteiger partial charge in [0.05, 0.1) is 13.2 Å². The molecule has 1 fully saturated rings. The first-order valence-electron chi connectivity index (χ1n) is 10.2. The number of amides is 1. The molecule has 29 heavy (non-hydrogen) atoms. The number of guanidine groups is 1. The Bertz CT molecular complexity index is 645. The average molecular weight is 407 g/mol. The van der Waals surface area contributed by atoms with Gasteiger partial charge in [0.2, 0.25) is 0 Å². The predicted octanol–water partition coefficient (Wildman–Crippen LogP) is 1.52. The van der Waals surface area contributed by atoms with Crippen molar-refractivity contribution in [2.45, 2.75) is 25.4 Å². The maximum atomic E-state index is 12.2. The fourth-order valence-electron chi connectivity index (χ4n) is 3.24. The van der Waals surface area contributed by atoms with Crippen molar-refractivity contribution < 1.29 is 19.0 Å². The number of methoxy groups -OCH3 is 2. The molecule has 0 radical (unpaired) electrons. The van der Waals surface area contributed by atoms with Gasteiger partial charge in [0.25, 0.3) is 5.91 Å². The first-order chi connectivity index (χ1) is 14.2. The SMILES string of the molecule is CN=C(NCCNC(=O)c1cccc(OC)c1)N1CCC(OCCCOC)CC1. The van der Waals surface area contributed by atoms with Crippen LogP contribution in [0.3, 0.4) is 0 Å². The molecule has 8 heteroatoms. The molecule has 1 aromatic rings. The van der Waals surface area contributed by atoms with Gasteiger partial charge >= 0.3 is 0 Å². The van der Waals surface area contributed by atoms with Crippen LogP contribution in [0.1, 0.15) is 29.6 Å². The van der Waals surface area contributed by atoms with E-state index >= 15 is 0 Å². The average Bonchev–Trinajstić information content (AvgIpc) is 2.77. The Morgan fingerprint density at radius 2 is 1.93 bits per heavy atom. The molecule has 1 saturated heterocycles. The zero-order valence-corrected chi connectivity index (χ0v) is 17.8. The zero-order valence-electron chi connectivity index (χ0n) is 17.8. The summed E-state index contributed by atoms with van der Waals surface area (Å²) in [4.78, 5) is 18.8. The Hall–Kier alpha value is -2.32. The topological polar surface area (TPSA) is 84.4 Å². The summed E-state index contributed by atoms with van der Waals surface area (Å²) >= 11 is 0. The summed E-state index contributed by atoms with van der Waals surface area (Å²) < 4.78 is 16.1. The van der Waals surface area contributed by atoms with Crippen molar-refractivity contribution in [2.75, 3.05) is 60.7 Å². The normalized spacial score (nSPS) is 15.3. The maximum Gasteiger partial charge on any atom is 0.251 e. The number of carbonyl (C=O) groups is 1. The summed E-state index contributed by atoms with van der Waals surface area (Å²) in [5.74, 6) is 1.41. The van der Waals surface area contributed by atoms with E-state index in [-0.39, 0.29) is 5.91 Å². The molecule has 0 bridgehead atoms. The Labute approximate surface area is 173 Å². The summed E-state index contributed by atoms with van der Waals surface area (Å²) in [5, 5.41) is 6.23. The lowest BCUT2D eigenvalue weighted by atomic mass is 10.1. The summed E-state index contributed by atoms with van der Waals surface area (Å²) in [6, 6.07) is 7.11. The Kier molecular flexibility index (Phi) is 10.3. The van der Waals surface area contributed by atoms with Crippen LogP contribution in [-0.4, -0.2) is 83.5 Å². The highest BCUT2D eigenvalue weighted by Crippen LogP contribution is 2.14. The van der Waals surface area contributed by atoms with Crippen LogP contribution < -0.4 is 15.4 Å². The third kappa shape index (κ3) is 7.91. The molecule has 0 unspecified atom stereocenters. The van der Waals surface area contributed by atoms with Gasteiger partial charge in [0.1, 0.15) is 5.75 Å². The van der Waals surface area contributed by atoms with E-state index in [4.69, 9.17) is 14.2 Å². The minimum Gasteiger partial charge on any atom is -0.497 e. The third-order valence-electron chi connectivity index (χ3n) is 4.83. The van der Waals surface area contributed by atoms with Crippen molar-refractivity contribution in [3.63, 3.8) is 0 Å². The van der Waals surface area contributed by atoms with Crippen molar-refractivity contribution in [3.05, 3.63) is 29.8 Å². The van der Waals surface area contributed by atoms with E-state index in [1.165, 1.54) is 0 Å². The number of likely N-dealkylation sites (tertiary alicyclic amines) is 1. The summed E-state index contributed by atoms with van der Waals surface area (Å²) in [6.07, 6.45) is 3.21. The third-order valence-corrected chi connectivity index (χ3v) is 4.83. The van der Waals surface area contributed by atoms with Gasteiger partial charge in [-0.2, -0.15) is 0 Å². The lowest BCUT2D eigenvalue weighted by Gasteiger charge is -2.34. The van der Waals surface area contributed by atoms with E-state index in [1.54, 1.807) is 39.5 Å². The molecule has 8 nitrogen and oxygen atoms in total. The molecule has 0 aromatic heterocycles. The van der Waals surface area contributed by atoms with Crippen molar-refractivity contribution >= 4 is 11.9 Å². The van der Waals surface area contributed by atoms with E-state index in [2.05, 4.69) is 20.5 Å². The molecule has 1 aliphatic rings. The van der Waals surface area contributed by atoms with Crippen LogP contribution in [0.25, 0.3) is 0 Å². The van der Waals surface area contributed by atoms with Crippen LogP contribution in [0.15, 0.2) is 29.3 Å². The second-order valence-electron chi connectivity index (χ2n) is 6.87. The van der Waals surface area contributed by atoms with Crippen LogP contribution >= 0.6 is 0 Å². The van der Waals surface area contributed by atoms with Gasteiger partial charge in [-0.3, -0.25) is 9.79 Å². The molecule has 1 amide bonds. The molecule has 1 aromatic carbocycles. The van der Waals surface area contributed by atoms with Crippen LogP contribution in [0.5, 0.6) is 5.75 Å². The molecule has 2 N–H and O–H groups in total. The second-order valence-corrected chi connectivity index (χ2v) is 6.87. The van der Waals surface area contributed by atoms with Crippen LogP contribution in [0, 0.1) is 0 Å². The number of rotatable bonds is 10. The van der Waals surface area contributed by atoms with E-state index in [1.807, 2.05) is 6.07 Å². The van der Waals surface area contributed by atoms with E-state index in [9.17, 15) is 4.79 Å². The van der Waals surface area contributed by atoms with Gasteiger partial charge in [-0.05, 0) is 37.5 Å². The van der Waals surface area contributed by atoms with E-state index in [0.717, 1.165) is 51.5 Å². The monoisotopic (exact) mass is 406 g/mol. The zero-order chi connectivity index (χ0) is 20.9. The molecule has 0 saturated carbocycles. The van der Waals surface area contributed by atoms with Crippen molar-refractivity contribution in [1.29, 1.82) is 0 Å². The number of benzene rings is 1. The Balaban J connectivity index is 1.66. The first kappa shape index (κ1) is 23.0. The minimum atomic E-state index is -0.118. The number of hydrogen-bond donors (Lipinski definition) is 2. The number of nitrogens with one attached hydrogen (secondary N) is 2. The van der Waals surface area contributed by atoms with Gasteiger partial charge in [-0.25, -0.2) is 0 Å². The Morgan fingerprint density at radius 1 is 1.17 bits per heavy atom. The molecule has 0 spiro atoms. The van der Waals surface area contributed by atoms with Gasteiger partial charge in [0.15, 0.2) is 5.96 Å². The van der Waals surface area contributed by atoms with Gasteiger partial charge in [-0.1, -0.05) is 6.07 Å². The number of aliphatic imine (C=N–C) groups is 1. The summed E-state index contributed by atoms with van der Waals surface area (Å²) in [5.41, 5.74) is 0.585. The largest absolute Gasteiger partial charge is 0.497 e. The molecule has 2 rings (SSSR count). The van der Waals surface area contributed by atoms with Crippen LogP contribution in [0.2, 0.25) is 0 Å². The van der Waals surface area contributed by atoms with Gasteiger partial charge < -0.3 is 29.7 Å². The predicted molar refractivity (Wildman–Crippen MR) is 114 cm³/mol. The molecule has 0 aliphatic carbocycles. The highest BCUT2D eigenvalue weighted by molar-refractivity contribution is 5.94. The summed E-state index contributed by atoms with van der Waals surface area (Å²) in [6.45, 7) is 4.42. The van der Waals surface area contributed by atoms with Crippen molar-refractivity contribution in [2.24, 2.45) is 4.99 Å². The van der Waals surface area contributed by atoms with E-state index in [0.29, 0.717) is 30.5 Å². The number of nitrogens with zero attached hydrogens (tertiary/aromatic N) is 2. The smallest absolute Gasteiger partial charge is 0.251 e. The second kappa shape index (κ2) is 13.0. The molecule has 1 heterocycles. The minimum absolute atomic E-state index is 0.118. The standard InChI is InChI=1S/C21H34N4O4/c1-22-21(25-12-8-18(9-13-25)29-15-5-14-27-2)24-11-10-23-20(26)17-6-4-7-19(16-17)28-3/h4,6-7,16,18H,5,8-15H2,1-3H3,(H,22,24)(H,23,26). The fraction of sp³-hybridized carbons (Fsp3) is 0.619. The number of ether oxygens (including phenoxy) is 3. The lowest BCUT2D eigenvalue weighted by molar-refractivity contribution is 0.00991. The van der Waals surface area contributed by atoms with Gasteiger partial charge in [-0.15, -0.1) is 0 Å². The van der Waals surface area contributed by atoms with Crippen molar-refractivity contribution in [3.8, 4) is 5.75 Å². The number of hydrogen-bond acceptors (Lipinski definition) is 5. The van der Waals surface area contributed by atoms with Crippen molar-refractivity contribution in [1.82, 2.24) is 15.5 Å². The molecule has 1 aliphatic heterocycles. The number of carbonyl (C=O) groups excluding carboxylic acids is 1. The summed E-state index contributed by atoms with van der Waals surface area (Å²) in [7, 11) is 5.08. The molecular formula is C21H34N4O4. The molecule has 0 atom stereocenters. The lowest BCUT2D eigenvalue weighted by Crippen LogP contribution is -2.48. The van der Waals surface area contributed by atoms with Crippen LogP contribution in [-0.2, 0) is 9.47 Å². The quantitative estimate of drug-likeness (QED) is 0.348. The Morgan fingerprint density at radius 3 is 2.62 bits per heavy atom. The molecule has 162 valence electrons.